The van der Waals surface area contributed by atoms with Crippen LogP contribution in [-0.2, 0) is 11.3 Å². The van der Waals surface area contributed by atoms with Gasteiger partial charge in [0.2, 0.25) is 0 Å². The molecule has 0 aromatic carbocycles. The lowest BCUT2D eigenvalue weighted by atomic mass is 10.2. The highest BCUT2D eigenvalue weighted by Crippen LogP contribution is 2.33. The average Bonchev–Trinajstić information content (AvgIpc) is 3.03. The topological polar surface area (TPSA) is 66.9 Å². The Morgan fingerprint density at radius 3 is 2.77 bits per heavy atom. The summed E-state index contributed by atoms with van der Waals surface area (Å²) in [4.78, 5) is 19.0. The highest BCUT2D eigenvalue weighted by Gasteiger charge is 2.35. The minimum atomic E-state index is 0.235. The molecule has 1 aliphatic heterocycles. The Morgan fingerprint density at radius 1 is 1.32 bits per heavy atom. The summed E-state index contributed by atoms with van der Waals surface area (Å²) in [6, 6.07) is 2.28. The number of imidazole rings is 1. The number of likely N-dealkylation sites (tertiary alicyclic amines) is 1. The van der Waals surface area contributed by atoms with E-state index in [0.717, 1.165) is 48.1 Å². The van der Waals surface area contributed by atoms with Gasteiger partial charge >= 0.3 is 0 Å². The molecule has 3 rings (SSSR count). The monoisotopic (exact) mass is 301 g/mol. The number of ether oxygens (including phenoxy) is 1. The predicted octanol–water partition coefficient (Wildman–Crippen LogP) is 2.09. The number of H-pyrrole nitrogens is 1. The second-order valence-corrected chi connectivity index (χ2v) is 6.02. The Bertz CT molecular complexity index is 634. The summed E-state index contributed by atoms with van der Waals surface area (Å²) >= 11 is 0. The first kappa shape index (κ1) is 15.1. The molecule has 1 saturated heterocycles. The normalized spacial score (nSPS) is 22.4. The summed E-state index contributed by atoms with van der Waals surface area (Å²) in [7, 11) is 1.78. The molecule has 3 heterocycles. The van der Waals surface area contributed by atoms with E-state index in [2.05, 4.69) is 31.8 Å². The van der Waals surface area contributed by atoms with E-state index < -0.39 is 0 Å². The molecule has 0 amide bonds. The summed E-state index contributed by atoms with van der Waals surface area (Å²) in [5, 5.41) is 0. The van der Waals surface area contributed by atoms with Crippen LogP contribution < -0.4 is 0 Å². The van der Waals surface area contributed by atoms with Crippen LogP contribution in [0.25, 0.3) is 0 Å². The van der Waals surface area contributed by atoms with E-state index >= 15 is 0 Å². The third-order valence-electron chi connectivity index (χ3n) is 4.39. The number of methoxy groups -OCH3 is 1. The van der Waals surface area contributed by atoms with E-state index in [1.807, 2.05) is 19.9 Å². The summed E-state index contributed by atoms with van der Waals surface area (Å²) in [6.45, 7) is 7.77. The Hall–Kier alpha value is -1.79. The van der Waals surface area contributed by atoms with Gasteiger partial charge in [-0.05, 0) is 33.3 Å². The molecule has 1 aliphatic rings. The quantitative estimate of drug-likeness (QED) is 0.936. The molecule has 1 N–H and O–H groups in total. The van der Waals surface area contributed by atoms with Crippen molar-refractivity contribution in [3.63, 3.8) is 0 Å². The molecular formula is C16H23N5O. The Labute approximate surface area is 131 Å². The zero-order chi connectivity index (χ0) is 15.7. The molecule has 0 spiro atoms. The van der Waals surface area contributed by atoms with Crippen molar-refractivity contribution in [2.24, 2.45) is 0 Å². The fourth-order valence-electron chi connectivity index (χ4n) is 3.03. The second-order valence-electron chi connectivity index (χ2n) is 6.02. The molecular weight excluding hydrogens is 278 g/mol. The summed E-state index contributed by atoms with van der Waals surface area (Å²) in [6.07, 6.45) is 2.82. The molecule has 22 heavy (non-hydrogen) atoms. The van der Waals surface area contributed by atoms with Crippen molar-refractivity contribution in [3.05, 3.63) is 41.0 Å². The van der Waals surface area contributed by atoms with Crippen molar-refractivity contribution < 1.29 is 4.74 Å². The summed E-state index contributed by atoms with van der Waals surface area (Å²) in [5.74, 6) is 1.03. The molecule has 0 radical (unpaired) electrons. The molecule has 2 atom stereocenters. The van der Waals surface area contributed by atoms with E-state index in [9.17, 15) is 0 Å². The van der Waals surface area contributed by atoms with Crippen molar-refractivity contribution in [2.45, 2.75) is 45.9 Å². The van der Waals surface area contributed by atoms with Gasteiger partial charge in [-0.15, -0.1) is 0 Å². The minimum Gasteiger partial charge on any atom is -0.380 e. The number of hydrogen-bond donors (Lipinski definition) is 1. The van der Waals surface area contributed by atoms with E-state index in [0.29, 0.717) is 0 Å². The number of hydrogen-bond acceptors (Lipinski definition) is 5. The first-order valence-corrected chi connectivity index (χ1v) is 7.64. The maximum atomic E-state index is 5.58. The first-order chi connectivity index (χ1) is 10.6. The van der Waals surface area contributed by atoms with Gasteiger partial charge in [0.1, 0.15) is 12.2 Å². The van der Waals surface area contributed by atoms with Gasteiger partial charge in [-0.25, -0.2) is 15.0 Å². The first-order valence-electron chi connectivity index (χ1n) is 7.64. The lowest BCUT2D eigenvalue weighted by Crippen LogP contribution is -2.26. The number of rotatable bonds is 4. The maximum absolute atomic E-state index is 5.58. The highest BCUT2D eigenvalue weighted by molar-refractivity contribution is 5.15. The van der Waals surface area contributed by atoms with Gasteiger partial charge in [-0.1, -0.05) is 0 Å². The van der Waals surface area contributed by atoms with Crippen LogP contribution in [0.15, 0.2) is 12.4 Å². The van der Waals surface area contributed by atoms with Gasteiger partial charge in [0, 0.05) is 31.6 Å². The fourth-order valence-corrected chi connectivity index (χ4v) is 3.03. The van der Waals surface area contributed by atoms with Crippen LogP contribution in [0.1, 0.15) is 41.1 Å². The van der Waals surface area contributed by atoms with Crippen LogP contribution in [0.3, 0.4) is 0 Å². The van der Waals surface area contributed by atoms with E-state index in [1.54, 1.807) is 13.4 Å². The van der Waals surface area contributed by atoms with E-state index in [1.165, 1.54) is 0 Å². The third kappa shape index (κ3) is 3.03. The largest absolute Gasteiger partial charge is 0.380 e. The van der Waals surface area contributed by atoms with Gasteiger partial charge < -0.3 is 9.72 Å². The van der Waals surface area contributed by atoms with Crippen molar-refractivity contribution in [2.75, 3.05) is 13.7 Å². The number of nitrogens with zero attached hydrogens (tertiary/aromatic N) is 4. The average molecular weight is 301 g/mol. The maximum Gasteiger partial charge on any atom is 0.124 e. The molecule has 0 aliphatic carbocycles. The van der Waals surface area contributed by atoms with Crippen LogP contribution >= 0.6 is 0 Å². The van der Waals surface area contributed by atoms with Crippen LogP contribution in [0.2, 0.25) is 0 Å². The zero-order valence-corrected chi connectivity index (χ0v) is 13.6. The molecule has 6 nitrogen and oxygen atoms in total. The van der Waals surface area contributed by atoms with Crippen LogP contribution in [-0.4, -0.2) is 44.6 Å². The smallest absolute Gasteiger partial charge is 0.124 e. The van der Waals surface area contributed by atoms with Crippen LogP contribution in [0.5, 0.6) is 0 Å². The molecule has 118 valence electrons. The Morgan fingerprint density at radius 2 is 2.14 bits per heavy atom. The van der Waals surface area contributed by atoms with Gasteiger partial charge in [0.05, 0.1) is 23.5 Å². The lowest BCUT2D eigenvalue weighted by Gasteiger charge is -2.22. The SMILES string of the molecule is CO[C@@H]1C[C@@H](c2nc(C)c(C)[nH]2)N(Cc2cc(C)ncn2)C1. The molecule has 0 unspecified atom stereocenters. The third-order valence-corrected chi connectivity index (χ3v) is 4.39. The Kier molecular flexibility index (Phi) is 4.22. The van der Waals surface area contributed by atoms with Gasteiger partial charge in [-0.3, -0.25) is 4.90 Å². The van der Waals surface area contributed by atoms with Crippen molar-refractivity contribution in [3.8, 4) is 0 Å². The molecule has 0 saturated carbocycles. The van der Waals surface area contributed by atoms with Crippen molar-refractivity contribution >= 4 is 0 Å². The molecule has 2 aromatic heterocycles. The number of aryl methyl sites for hydroxylation is 3. The predicted molar refractivity (Wildman–Crippen MR) is 83.4 cm³/mol. The van der Waals surface area contributed by atoms with Gasteiger partial charge in [0.25, 0.3) is 0 Å². The fraction of sp³-hybridized carbons (Fsp3) is 0.562. The summed E-state index contributed by atoms with van der Waals surface area (Å²) in [5.41, 5.74) is 4.23. The standard InChI is InChI=1S/C16H23N5O/c1-10-5-13(18-9-17-10)7-21-8-14(22-4)6-15(21)16-19-11(2)12(3)20-16/h5,9,14-15H,6-8H2,1-4H3,(H,19,20)/t14-,15+/m1/s1. The van der Waals surface area contributed by atoms with Gasteiger partial charge in [0.15, 0.2) is 0 Å². The second kappa shape index (κ2) is 6.14. The summed E-state index contributed by atoms with van der Waals surface area (Å²) < 4.78 is 5.58. The molecule has 6 heteroatoms. The number of nitrogens with one attached hydrogen (secondary N) is 1. The highest BCUT2D eigenvalue weighted by atomic mass is 16.5. The zero-order valence-electron chi connectivity index (χ0n) is 13.6. The van der Waals surface area contributed by atoms with Crippen LogP contribution in [0, 0.1) is 20.8 Å². The van der Waals surface area contributed by atoms with E-state index in [-0.39, 0.29) is 12.1 Å². The lowest BCUT2D eigenvalue weighted by molar-refractivity contribution is 0.107. The van der Waals surface area contributed by atoms with Crippen LogP contribution in [0.4, 0.5) is 0 Å². The molecule has 2 aromatic rings. The number of aromatic amines is 1. The number of aromatic nitrogens is 4. The van der Waals surface area contributed by atoms with Crippen molar-refractivity contribution in [1.29, 1.82) is 0 Å². The van der Waals surface area contributed by atoms with Gasteiger partial charge in [-0.2, -0.15) is 0 Å². The molecule has 1 fully saturated rings. The van der Waals surface area contributed by atoms with Crippen molar-refractivity contribution in [1.82, 2.24) is 24.8 Å². The molecule has 0 bridgehead atoms. The Balaban J connectivity index is 1.83. The van der Waals surface area contributed by atoms with E-state index in [4.69, 9.17) is 4.74 Å². The minimum absolute atomic E-state index is 0.235.